The quantitative estimate of drug-likeness (QED) is 0.552. The number of hydrogen-bond donors (Lipinski definition) is 1. The predicted octanol–water partition coefficient (Wildman–Crippen LogP) is 3.03. The molecule has 1 aliphatic rings. The number of carbonyl (C=O) groups is 1. The molecule has 6 nitrogen and oxygen atoms in total. The zero-order chi connectivity index (χ0) is 19.0. The number of fused-ring (bicyclic) bond motifs is 4. The lowest BCUT2D eigenvalue weighted by Crippen LogP contribution is -2.30. The van der Waals surface area contributed by atoms with E-state index in [1.807, 2.05) is 13.0 Å². The van der Waals surface area contributed by atoms with Gasteiger partial charge in [0.15, 0.2) is 0 Å². The van der Waals surface area contributed by atoms with Crippen molar-refractivity contribution in [3.05, 3.63) is 45.0 Å². The van der Waals surface area contributed by atoms with Crippen LogP contribution in [0, 0.1) is 6.92 Å². The van der Waals surface area contributed by atoms with Crippen LogP contribution >= 0.6 is 0 Å². The first-order valence-electron chi connectivity index (χ1n) is 9.34. The number of benzene rings is 1. The van der Waals surface area contributed by atoms with Crippen LogP contribution in [0.15, 0.2) is 25.8 Å². The van der Waals surface area contributed by atoms with Gasteiger partial charge in [0.2, 0.25) is 5.91 Å². The maximum atomic E-state index is 12.4. The summed E-state index contributed by atoms with van der Waals surface area (Å²) >= 11 is 0. The Labute approximate surface area is 156 Å². The van der Waals surface area contributed by atoms with Gasteiger partial charge >= 0.3 is 5.63 Å². The number of amides is 1. The van der Waals surface area contributed by atoms with Crippen LogP contribution in [0.3, 0.4) is 0 Å². The van der Waals surface area contributed by atoms with E-state index in [0.717, 1.165) is 53.4 Å². The number of furan rings is 1. The van der Waals surface area contributed by atoms with Crippen molar-refractivity contribution >= 4 is 27.8 Å². The molecule has 1 aliphatic carbocycles. The normalized spacial score (nSPS) is 13.9. The average Bonchev–Trinajstić information content (AvgIpc) is 3.01. The van der Waals surface area contributed by atoms with Gasteiger partial charge < -0.3 is 18.9 Å². The number of ether oxygens (including phenoxy) is 1. The fourth-order valence-electron chi connectivity index (χ4n) is 3.86. The second kappa shape index (κ2) is 7.19. The van der Waals surface area contributed by atoms with E-state index in [1.165, 1.54) is 5.56 Å². The molecule has 0 fully saturated rings. The lowest BCUT2D eigenvalue weighted by atomic mass is 9.94. The molecule has 0 saturated heterocycles. The molecule has 2 heterocycles. The van der Waals surface area contributed by atoms with Gasteiger partial charge in [0, 0.05) is 42.5 Å². The van der Waals surface area contributed by atoms with Gasteiger partial charge in [-0.25, -0.2) is 4.79 Å². The smallest absolute Gasteiger partial charge is 0.340 e. The van der Waals surface area contributed by atoms with Crippen molar-refractivity contribution in [3.8, 4) is 0 Å². The molecule has 6 heteroatoms. The summed E-state index contributed by atoms with van der Waals surface area (Å²) in [7, 11) is 1.57. The molecule has 1 aromatic carbocycles. The van der Waals surface area contributed by atoms with Crippen LogP contribution in [0.1, 0.15) is 35.3 Å². The van der Waals surface area contributed by atoms with Gasteiger partial charge in [-0.15, -0.1) is 0 Å². The summed E-state index contributed by atoms with van der Waals surface area (Å²) in [5.41, 5.74) is 3.24. The SMILES string of the molecule is COCCNC(=O)Cc1c(C)c2cc3c4c(oc3cc2oc1=O)CCCC4. The van der Waals surface area contributed by atoms with Gasteiger partial charge in [-0.3, -0.25) is 4.79 Å². The Bertz CT molecular complexity index is 1080. The number of rotatable bonds is 5. The van der Waals surface area contributed by atoms with Crippen LogP contribution in [0.25, 0.3) is 21.9 Å². The zero-order valence-corrected chi connectivity index (χ0v) is 15.6. The molecule has 3 aromatic rings. The summed E-state index contributed by atoms with van der Waals surface area (Å²) in [6, 6.07) is 3.85. The Morgan fingerprint density at radius 2 is 1.93 bits per heavy atom. The number of methoxy groups -OCH3 is 1. The summed E-state index contributed by atoms with van der Waals surface area (Å²) in [5, 5.41) is 4.69. The highest BCUT2D eigenvalue weighted by Crippen LogP contribution is 2.35. The summed E-state index contributed by atoms with van der Waals surface area (Å²) < 4.78 is 16.4. The summed E-state index contributed by atoms with van der Waals surface area (Å²) in [5.74, 6) is 0.827. The van der Waals surface area contributed by atoms with E-state index in [-0.39, 0.29) is 12.3 Å². The average molecular weight is 369 g/mol. The Balaban J connectivity index is 1.76. The van der Waals surface area contributed by atoms with Gasteiger partial charge in [0.25, 0.3) is 0 Å². The van der Waals surface area contributed by atoms with E-state index in [1.54, 1.807) is 13.2 Å². The van der Waals surface area contributed by atoms with Crippen molar-refractivity contribution in [2.24, 2.45) is 0 Å². The molecule has 4 rings (SSSR count). The summed E-state index contributed by atoms with van der Waals surface area (Å²) in [6.07, 6.45) is 4.27. The molecule has 1 amide bonds. The molecule has 0 unspecified atom stereocenters. The van der Waals surface area contributed by atoms with Crippen LogP contribution in [0.2, 0.25) is 0 Å². The highest BCUT2D eigenvalue weighted by Gasteiger charge is 2.21. The third-order valence-corrected chi connectivity index (χ3v) is 5.33. The van der Waals surface area contributed by atoms with E-state index in [0.29, 0.717) is 24.3 Å². The van der Waals surface area contributed by atoms with Crippen LogP contribution in [-0.2, 0) is 28.8 Å². The molecule has 1 N–H and O–H groups in total. The molecule has 0 aliphatic heterocycles. The highest BCUT2D eigenvalue weighted by molar-refractivity contribution is 5.97. The Morgan fingerprint density at radius 3 is 2.74 bits per heavy atom. The topological polar surface area (TPSA) is 81.7 Å². The molecular formula is C21H23NO5. The molecule has 2 aromatic heterocycles. The van der Waals surface area contributed by atoms with E-state index in [2.05, 4.69) is 5.32 Å². The fraction of sp³-hybridized carbons (Fsp3) is 0.429. The Kier molecular flexibility index (Phi) is 4.74. The summed E-state index contributed by atoms with van der Waals surface area (Å²) in [4.78, 5) is 24.6. The van der Waals surface area contributed by atoms with Crippen LogP contribution in [-0.4, -0.2) is 26.2 Å². The van der Waals surface area contributed by atoms with E-state index in [4.69, 9.17) is 13.6 Å². The molecule has 142 valence electrons. The number of aryl methyl sites for hydroxylation is 3. The highest BCUT2D eigenvalue weighted by atomic mass is 16.5. The first-order valence-corrected chi connectivity index (χ1v) is 9.34. The fourth-order valence-corrected chi connectivity index (χ4v) is 3.86. The van der Waals surface area contributed by atoms with Gasteiger partial charge in [0.05, 0.1) is 18.6 Å². The molecule has 0 saturated carbocycles. The summed E-state index contributed by atoms with van der Waals surface area (Å²) in [6.45, 7) is 2.71. The van der Waals surface area contributed by atoms with Crippen molar-refractivity contribution in [3.63, 3.8) is 0 Å². The largest absolute Gasteiger partial charge is 0.461 e. The third-order valence-electron chi connectivity index (χ3n) is 5.33. The monoisotopic (exact) mass is 369 g/mol. The van der Waals surface area contributed by atoms with E-state index >= 15 is 0 Å². The van der Waals surface area contributed by atoms with Crippen molar-refractivity contribution in [2.75, 3.05) is 20.3 Å². The molecule has 0 bridgehead atoms. The minimum Gasteiger partial charge on any atom is -0.461 e. The standard InChI is InChI=1S/C21H23NO5/c1-12-14-9-16-13-5-3-4-6-17(13)26-19(16)11-18(14)27-21(24)15(12)10-20(23)22-7-8-25-2/h9,11H,3-8,10H2,1-2H3,(H,22,23). The maximum absolute atomic E-state index is 12.4. The predicted molar refractivity (Wildman–Crippen MR) is 102 cm³/mol. The van der Waals surface area contributed by atoms with Crippen molar-refractivity contribution in [2.45, 2.75) is 39.0 Å². The lowest BCUT2D eigenvalue weighted by molar-refractivity contribution is -0.120. The first-order chi connectivity index (χ1) is 13.1. The van der Waals surface area contributed by atoms with Crippen molar-refractivity contribution in [1.82, 2.24) is 5.32 Å². The van der Waals surface area contributed by atoms with Crippen LogP contribution in [0.4, 0.5) is 0 Å². The zero-order valence-electron chi connectivity index (χ0n) is 15.6. The number of hydrogen-bond acceptors (Lipinski definition) is 5. The lowest BCUT2D eigenvalue weighted by Gasteiger charge is -2.10. The molecule has 27 heavy (non-hydrogen) atoms. The van der Waals surface area contributed by atoms with Crippen molar-refractivity contribution < 1.29 is 18.4 Å². The van der Waals surface area contributed by atoms with Gasteiger partial charge in [-0.1, -0.05) is 0 Å². The molecule has 0 spiro atoms. The number of carbonyl (C=O) groups excluding carboxylic acids is 1. The maximum Gasteiger partial charge on any atom is 0.340 e. The molecule has 0 radical (unpaired) electrons. The Hall–Kier alpha value is -2.60. The second-order valence-electron chi connectivity index (χ2n) is 7.07. The third kappa shape index (κ3) is 3.25. The van der Waals surface area contributed by atoms with E-state index < -0.39 is 5.63 Å². The Morgan fingerprint density at radius 1 is 1.15 bits per heavy atom. The minimum absolute atomic E-state index is 0.00461. The van der Waals surface area contributed by atoms with E-state index in [9.17, 15) is 9.59 Å². The molecule has 0 atom stereocenters. The van der Waals surface area contributed by atoms with Gasteiger partial charge in [-0.2, -0.15) is 0 Å². The first kappa shape index (κ1) is 17.8. The van der Waals surface area contributed by atoms with Gasteiger partial charge in [0.1, 0.15) is 16.9 Å². The van der Waals surface area contributed by atoms with Crippen LogP contribution in [0.5, 0.6) is 0 Å². The minimum atomic E-state index is -0.474. The van der Waals surface area contributed by atoms with Crippen LogP contribution < -0.4 is 10.9 Å². The molecular weight excluding hydrogens is 346 g/mol. The number of nitrogens with one attached hydrogen (secondary N) is 1. The van der Waals surface area contributed by atoms with Crippen molar-refractivity contribution in [1.29, 1.82) is 0 Å². The van der Waals surface area contributed by atoms with Gasteiger partial charge in [-0.05, 0) is 37.8 Å². The second-order valence-corrected chi connectivity index (χ2v) is 7.07.